The van der Waals surface area contributed by atoms with Crippen LogP contribution in [0.15, 0.2) is 60.7 Å². The molecule has 2 aromatic carbocycles. The molecule has 1 aliphatic carbocycles. The van der Waals surface area contributed by atoms with Gasteiger partial charge in [0.2, 0.25) is 0 Å². The highest BCUT2D eigenvalue weighted by Gasteiger charge is 2.41. The predicted molar refractivity (Wildman–Crippen MR) is 98.8 cm³/mol. The molecule has 1 saturated carbocycles. The molecule has 1 fully saturated rings. The van der Waals surface area contributed by atoms with E-state index in [1.165, 1.54) is 54.5 Å². The minimum absolute atomic E-state index is 0.232. The molecule has 0 saturated heterocycles. The number of hydrogen-bond acceptors (Lipinski definition) is 1. The molecule has 0 radical (unpaired) electrons. The number of anilines is 1. The Morgan fingerprint density at radius 1 is 0.826 bits per heavy atom. The first-order valence-corrected chi connectivity index (χ1v) is 8.89. The maximum absolute atomic E-state index is 2.68. The lowest BCUT2D eigenvalue weighted by atomic mass is 9.80. The summed E-state index contributed by atoms with van der Waals surface area (Å²) in [6.07, 6.45) is 9.25. The Labute approximate surface area is 139 Å². The minimum atomic E-state index is 0.232. The van der Waals surface area contributed by atoms with Gasteiger partial charge in [0.1, 0.15) is 0 Å². The zero-order valence-electron chi connectivity index (χ0n) is 14.0. The van der Waals surface area contributed by atoms with E-state index in [1.54, 1.807) is 0 Å². The molecule has 1 spiro atoms. The summed E-state index contributed by atoms with van der Waals surface area (Å²) in [5.74, 6) is 0. The van der Waals surface area contributed by atoms with Crippen LogP contribution in [0.4, 0.5) is 5.69 Å². The van der Waals surface area contributed by atoms with Gasteiger partial charge in [0.05, 0.1) is 5.54 Å². The normalized spacial score (nSPS) is 19.9. The van der Waals surface area contributed by atoms with E-state index in [9.17, 15) is 0 Å². The molecule has 0 N–H and O–H groups in total. The molecule has 0 bridgehead atoms. The van der Waals surface area contributed by atoms with Crippen LogP contribution < -0.4 is 4.90 Å². The molecule has 1 heterocycles. The summed E-state index contributed by atoms with van der Waals surface area (Å²) in [5.41, 5.74) is 5.91. The van der Waals surface area contributed by atoms with Crippen molar-refractivity contribution in [2.45, 2.75) is 44.6 Å². The SMILES string of the molecule is Cc1ccccc1N1CC(c2ccccc2)=CC12CCCCC2. The predicted octanol–water partition coefficient (Wildman–Crippen LogP) is 5.60. The van der Waals surface area contributed by atoms with Crippen LogP contribution in [0.2, 0.25) is 0 Å². The first-order chi connectivity index (χ1) is 11.3. The van der Waals surface area contributed by atoms with E-state index in [4.69, 9.17) is 0 Å². The highest BCUT2D eigenvalue weighted by atomic mass is 15.2. The Morgan fingerprint density at radius 2 is 1.52 bits per heavy atom. The molecule has 4 rings (SSSR count). The Kier molecular flexibility index (Phi) is 3.72. The summed E-state index contributed by atoms with van der Waals surface area (Å²) in [5, 5.41) is 0. The molecule has 0 amide bonds. The van der Waals surface area contributed by atoms with Gasteiger partial charge in [-0.1, -0.05) is 73.9 Å². The van der Waals surface area contributed by atoms with Crippen LogP contribution in [0, 0.1) is 6.92 Å². The van der Waals surface area contributed by atoms with Gasteiger partial charge in [-0.3, -0.25) is 0 Å². The van der Waals surface area contributed by atoms with Crippen molar-refractivity contribution in [3.8, 4) is 0 Å². The second kappa shape index (κ2) is 5.88. The summed E-state index contributed by atoms with van der Waals surface area (Å²) in [6.45, 7) is 3.28. The molecule has 0 atom stereocenters. The van der Waals surface area contributed by atoms with Crippen LogP contribution >= 0.6 is 0 Å². The molecule has 0 aromatic heterocycles. The zero-order chi connectivity index (χ0) is 15.7. The van der Waals surface area contributed by atoms with Crippen molar-refractivity contribution in [2.24, 2.45) is 0 Å². The summed E-state index contributed by atoms with van der Waals surface area (Å²) in [4.78, 5) is 2.68. The highest BCUT2D eigenvalue weighted by Crippen LogP contribution is 2.45. The summed E-state index contributed by atoms with van der Waals surface area (Å²) in [7, 11) is 0. The molecule has 2 aromatic rings. The third-order valence-electron chi connectivity index (χ3n) is 5.58. The third-order valence-corrected chi connectivity index (χ3v) is 5.58. The Bertz CT molecular complexity index is 708. The average molecular weight is 303 g/mol. The van der Waals surface area contributed by atoms with Gasteiger partial charge in [0.25, 0.3) is 0 Å². The van der Waals surface area contributed by atoms with Gasteiger partial charge in [0.15, 0.2) is 0 Å². The number of hydrogen-bond donors (Lipinski definition) is 0. The lowest BCUT2D eigenvalue weighted by Crippen LogP contribution is -2.46. The van der Waals surface area contributed by atoms with E-state index in [1.807, 2.05) is 0 Å². The molecule has 0 unspecified atom stereocenters. The first-order valence-electron chi connectivity index (χ1n) is 8.89. The first kappa shape index (κ1) is 14.6. The van der Waals surface area contributed by atoms with Gasteiger partial charge < -0.3 is 4.90 Å². The van der Waals surface area contributed by atoms with Crippen LogP contribution in [0.3, 0.4) is 0 Å². The van der Waals surface area contributed by atoms with Gasteiger partial charge in [0, 0.05) is 12.2 Å². The molecule has 1 aliphatic heterocycles. The minimum Gasteiger partial charge on any atom is -0.358 e. The number of aryl methyl sites for hydroxylation is 1. The maximum Gasteiger partial charge on any atom is 0.0595 e. The Morgan fingerprint density at radius 3 is 2.26 bits per heavy atom. The second-order valence-electron chi connectivity index (χ2n) is 7.07. The molecule has 23 heavy (non-hydrogen) atoms. The summed E-state index contributed by atoms with van der Waals surface area (Å²) in [6, 6.07) is 19.8. The van der Waals surface area contributed by atoms with E-state index in [2.05, 4.69) is 72.5 Å². The van der Waals surface area contributed by atoms with Crippen molar-refractivity contribution >= 4 is 11.3 Å². The van der Waals surface area contributed by atoms with Crippen molar-refractivity contribution in [3.63, 3.8) is 0 Å². The fourth-order valence-corrected chi connectivity index (χ4v) is 4.37. The van der Waals surface area contributed by atoms with E-state index >= 15 is 0 Å². The zero-order valence-corrected chi connectivity index (χ0v) is 14.0. The highest BCUT2D eigenvalue weighted by molar-refractivity contribution is 5.78. The average Bonchev–Trinajstić information content (AvgIpc) is 2.95. The van der Waals surface area contributed by atoms with Crippen molar-refractivity contribution < 1.29 is 0 Å². The molecule has 2 aliphatic rings. The van der Waals surface area contributed by atoms with E-state index in [0.717, 1.165) is 6.54 Å². The van der Waals surface area contributed by atoms with E-state index in [-0.39, 0.29) is 5.54 Å². The number of para-hydroxylation sites is 1. The third kappa shape index (κ3) is 2.59. The molecular weight excluding hydrogens is 278 g/mol. The molecule has 1 nitrogen and oxygen atoms in total. The van der Waals surface area contributed by atoms with Gasteiger partial charge in [-0.2, -0.15) is 0 Å². The van der Waals surface area contributed by atoms with Crippen molar-refractivity contribution in [2.75, 3.05) is 11.4 Å². The van der Waals surface area contributed by atoms with E-state index < -0.39 is 0 Å². The number of rotatable bonds is 2. The molecular formula is C22H25N. The van der Waals surface area contributed by atoms with Crippen molar-refractivity contribution in [1.82, 2.24) is 0 Å². The van der Waals surface area contributed by atoms with Crippen LogP contribution in [0.1, 0.15) is 43.2 Å². The van der Waals surface area contributed by atoms with E-state index in [0.29, 0.717) is 0 Å². The molecule has 1 heteroatoms. The van der Waals surface area contributed by atoms with Gasteiger partial charge in [-0.15, -0.1) is 0 Å². The second-order valence-corrected chi connectivity index (χ2v) is 7.07. The van der Waals surface area contributed by atoms with Crippen LogP contribution in [0.25, 0.3) is 5.57 Å². The smallest absolute Gasteiger partial charge is 0.0595 e. The fourth-order valence-electron chi connectivity index (χ4n) is 4.37. The molecule has 118 valence electrons. The summed E-state index contributed by atoms with van der Waals surface area (Å²) >= 11 is 0. The van der Waals surface area contributed by atoms with Crippen LogP contribution in [-0.4, -0.2) is 12.1 Å². The number of benzene rings is 2. The Hall–Kier alpha value is -2.02. The van der Waals surface area contributed by atoms with Crippen molar-refractivity contribution in [1.29, 1.82) is 0 Å². The van der Waals surface area contributed by atoms with Gasteiger partial charge in [-0.25, -0.2) is 0 Å². The lowest BCUT2D eigenvalue weighted by molar-refractivity contribution is 0.349. The van der Waals surface area contributed by atoms with Crippen LogP contribution in [0.5, 0.6) is 0 Å². The Balaban J connectivity index is 1.76. The number of nitrogens with zero attached hydrogens (tertiary/aromatic N) is 1. The largest absolute Gasteiger partial charge is 0.358 e. The monoisotopic (exact) mass is 303 g/mol. The fraction of sp³-hybridized carbons (Fsp3) is 0.364. The van der Waals surface area contributed by atoms with Gasteiger partial charge >= 0.3 is 0 Å². The van der Waals surface area contributed by atoms with Crippen molar-refractivity contribution in [3.05, 3.63) is 71.8 Å². The van der Waals surface area contributed by atoms with Gasteiger partial charge in [-0.05, 0) is 42.5 Å². The van der Waals surface area contributed by atoms with Crippen LogP contribution in [-0.2, 0) is 0 Å². The lowest BCUT2D eigenvalue weighted by Gasteiger charge is -2.43. The summed E-state index contributed by atoms with van der Waals surface area (Å²) < 4.78 is 0. The standard InChI is InChI=1S/C22H25N/c1-18-10-6-7-13-21(18)23-17-20(19-11-4-2-5-12-19)16-22(23)14-8-3-9-15-22/h2,4-7,10-13,16H,3,8-9,14-15,17H2,1H3. The topological polar surface area (TPSA) is 3.24 Å². The quantitative estimate of drug-likeness (QED) is 0.698. The maximum atomic E-state index is 2.68.